The second-order valence-corrected chi connectivity index (χ2v) is 3.03. The molecule has 0 aliphatic carbocycles. The van der Waals surface area contributed by atoms with E-state index in [1.54, 1.807) is 6.92 Å². The Bertz CT molecular complexity index is 174. The lowest BCUT2D eigenvalue weighted by atomic mass is 10.2. The fourth-order valence-electron chi connectivity index (χ4n) is 0.393. The van der Waals surface area contributed by atoms with E-state index in [2.05, 4.69) is 6.58 Å². The summed E-state index contributed by atoms with van der Waals surface area (Å²) < 4.78 is 18.3. The fraction of sp³-hybridized carbons (Fsp3) is 0.500. The summed E-state index contributed by atoms with van der Waals surface area (Å²) in [5.41, 5.74) is 0.436. The van der Waals surface area contributed by atoms with Crippen LogP contribution in [0.4, 0.5) is 0 Å². The zero-order valence-corrected chi connectivity index (χ0v) is 6.61. The SMILES string of the molecule is C=C(C)C(=O)CCS(=O)O. The Morgan fingerprint density at radius 1 is 1.70 bits per heavy atom. The fourth-order valence-corrected chi connectivity index (χ4v) is 0.753. The zero-order chi connectivity index (χ0) is 8.15. The molecule has 1 unspecified atom stereocenters. The van der Waals surface area contributed by atoms with Gasteiger partial charge >= 0.3 is 0 Å². The summed E-state index contributed by atoms with van der Waals surface area (Å²) in [6, 6.07) is 0. The van der Waals surface area contributed by atoms with Gasteiger partial charge in [0, 0.05) is 6.42 Å². The van der Waals surface area contributed by atoms with Crippen molar-refractivity contribution in [3.63, 3.8) is 0 Å². The first-order valence-electron chi connectivity index (χ1n) is 2.80. The van der Waals surface area contributed by atoms with Gasteiger partial charge in [0.2, 0.25) is 0 Å². The molecule has 0 aromatic heterocycles. The molecule has 0 saturated heterocycles. The van der Waals surface area contributed by atoms with Crippen molar-refractivity contribution >= 4 is 16.9 Å². The molecule has 58 valence electrons. The van der Waals surface area contributed by atoms with Crippen LogP contribution in [0.1, 0.15) is 13.3 Å². The third-order valence-electron chi connectivity index (χ3n) is 0.980. The van der Waals surface area contributed by atoms with Gasteiger partial charge < -0.3 is 4.55 Å². The van der Waals surface area contributed by atoms with Crippen LogP contribution >= 0.6 is 0 Å². The molecule has 0 bridgehead atoms. The zero-order valence-electron chi connectivity index (χ0n) is 5.79. The smallest absolute Gasteiger partial charge is 0.158 e. The molecule has 3 nitrogen and oxygen atoms in total. The lowest BCUT2D eigenvalue weighted by molar-refractivity contribution is -0.115. The number of allylic oxidation sites excluding steroid dienone is 1. The number of hydrogen-bond acceptors (Lipinski definition) is 2. The molecule has 0 aliphatic heterocycles. The van der Waals surface area contributed by atoms with Crippen LogP contribution in [0.2, 0.25) is 0 Å². The van der Waals surface area contributed by atoms with Gasteiger partial charge in [-0.2, -0.15) is 0 Å². The highest BCUT2D eigenvalue weighted by atomic mass is 32.2. The molecule has 1 atom stereocenters. The maximum atomic E-state index is 10.7. The van der Waals surface area contributed by atoms with Gasteiger partial charge in [0.25, 0.3) is 0 Å². The summed E-state index contributed by atoms with van der Waals surface area (Å²) in [4.78, 5) is 10.7. The Morgan fingerprint density at radius 2 is 2.20 bits per heavy atom. The van der Waals surface area contributed by atoms with Crippen molar-refractivity contribution in [1.82, 2.24) is 0 Å². The first kappa shape index (κ1) is 9.52. The van der Waals surface area contributed by atoms with E-state index < -0.39 is 11.1 Å². The molecule has 0 radical (unpaired) electrons. The molecule has 0 aromatic carbocycles. The lowest BCUT2D eigenvalue weighted by Crippen LogP contribution is -2.04. The average molecular weight is 162 g/mol. The Morgan fingerprint density at radius 3 is 2.50 bits per heavy atom. The molecule has 0 heterocycles. The van der Waals surface area contributed by atoms with Crippen LogP contribution in [0.15, 0.2) is 12.2 Å². The second-order valence-electron chi connectivity index (χ2n) is 1.98. The van der Waals surface area contributed by atoms with E-state index >= 15 is 0 Å². The first-order valence-corrected chi connectivity index (χ1v) is 4.07. The highest BCUT2D eigenvalue weighted by Gasteiger charge is 2.03. The molecule has 0 aliphatic rings. The van der Waals surface area contributed by atoms with Crippen molar-refractivity contribution < 1.29 is 13.6 Å². The molecular formula is C6H10O3S. The van der Waals surface area contributed by atoms with Crippen LogP contribution in [0.25, 0.3) is 0 Å². The van der Waals surface area contributed by atoms with Gasteiger partial charge in [-0.3, -0.25) is 4.79 Å². The first-order chi connectivity index (χ1) is 4.54. The highest BCUT2D eigenvalue weighted by Crippen LogP contribution is 1.95. The summed E-state index contributed by atoms with van der Waals surface area (Å²) in [6.45, 7) is 4.99. The third kappa shape index (κ3) is 4.40. The minimum Gasteiger partial charge on any atom is -0.306 e. The number of hydrogen-bond donors (Lipinski definition) is 1. The second kappa shape index (κ2) is 4.35. The van der Waals surface area contributed by atoms with E-state index in [4.69, 9.17) is 4.55 Å². The minimum atomic E-state index is -1.86. The predicted molar refractivity (Wildman–Crippen MR) is 40.1 cm³/mol. The molecule has 10 heavy (non-hydrogen) atoms. The standard InChI is InChI=1S/C6H10O3S/c1-5(2)6(7)3-4-10(8)9/h1,3-4H2,2H3,(H,8,9). The van der Waals surface area contributed by atoms with Crippen molar-refractivity contribution in [3.8, 4) is 0 Å². The van der Waals surface area contributed by atoms with Gasteiger partial charge in [0.15, 0.2) is 16.9 Å². The molecule has 0 aromatic rings. The van der Waals surface area contributed by atoms with Gasteiger partial charge in [-0.15, -0.1) is 0 Å². The van der Waals surface area contributed by atoms with E-state index in [0.717, 1.165) is 0 Å². The summed E-state index contributed by atoms with van der Waals surface area (Å²) in [6.07, 6.45) is 0.110. The van der Waals surface area contributed by atoms with Gasteiger partial charge in [-0.25, -0.2) is 4.21 Å². The monoisotopic (exact) mass is 162 g/mol. The van der Waals surface area contributed by atoms with Crippen LogP contribution in [0, 0.1) is 0 Å². The van der Waals surface area contributed by atoms with Crippen LogP contribution in [-0.4, -0.2) is 20.3 Å². The van der Waals surface area contributed by atoms with Crippen molar-refractivity contribution in [3.05, 3.63) is 12.2 Å². The van der Waals surface area contributed by atoms with Crippen molar-refractivity contribution in [2.45, 2.75) is 13.3 Å². The molecule has 0 amide bonds. The number of ketones is 1. The van der Waals surface area contributed by atoms with Crippen molar-refractivity contribution in [2.24, 2.45) is 0 Å². The summed E-state index contributed by atoms with van der Waals surface area (Å²) >= 11 is -1.86. The van der Waals surface area contributed by atoms with E-state index in [-0.39, 0.29) is 18.0 Å². The molecule has 0 rings (SSSR count). The molecule has 0 spiro atoms. The van der Waals surface area contributed by atoms with Gasteiger partial charge in [-0.1, -0.05) is 6.58 Å². The van der Waals surface area contributed by atoms with E-state index in [0.29, 0.717) is 5.57 Å². The summed E-state index contributed by atoms with van der Waals surface area (Å²) in [5, 5.41) is 0. The van der Waals surface area contributed by atoms with Crippen LogP contribution in [0.3, 0.4) is 0 Å². The van der Waals surface area contributed by atoms with Crippen LogP contribution < -0.4 is 0 Å². The lowest BCUT2D eigenvalue weighted by Gasteiger charge is -1.94. The van der Waals surface area contributed by atoms with E-state index in [9.17, 15) is 9.00 Å². The Kier molecular flexibility index (Phi) is 4.14. The highest BCUT2D eigenvalue weighted by molar-refractivity contribution is 7.79. The van der Waals surface area contributed by atoms with Crippen LogP contribution in [0.5, 0.6) is 0 Å². The normalized spacial score (nSPS) is 12.6. The molecular weight excluding hydrogens is 152 g/mol. The van der Waals surface area contributed by atoms with E-state index in [1.165, 1.54) is 0 Å². The number of carbonyl (C=O) groups is 1. The number of rotatable bonds is 4. The Balaban J connectivity index is 3.60. The quantitative estimate of drug-likeness (QED) is 0.490. The molecule has 0 saturated carbocycles. The van der Waals surface area contributed by atoms with Gasteiger partial charge in [-0.05, 0) is 12.5 Å². The maximum absolute atomic E-state index is 10.7. The van der Waals surface area contributed by atoms with Crippen LogP contribution in [-0.2, 0) is 15.9 Å². The van der Waals surface area contributed by atoms with Gasteiger partial charge in [0.05, 0.1) is 5.75 Å². The van der Waals surface area contributed by atoms with Gasteiger partial charge in [0.1, 0.15) is 0 Å². The van der Waals surface area contributed by atoms with Crippen molar-refractivity contribution in [1.29, 1.82) is 0 Å². The summed E-state index contributed by atoms with van der Waals surface area (Å²) in [5.74, 6) is -0.145. The Labute approximate surface area is 62.4 Å². The van der Waals surface area contributed by atoms with Crippen molar-refractivity contribution in [2.75, 3.05) is 5.75 Å². The molecule has 0 fully saturated rings. The molecule has 4 heteroatoms. The molecule has 1 N–H and O–H groups in total. The largest absolute Gasteiger partial charge is 0.306 e. The Hall–Kier alpha value is -0.480. The number of carbonyl (C=O) groups excluding carboxylic acids is 1. The minimum absolute atomic E-state index is 0.00565. The predicted octanol–water partition coefficient (Wildman–Crippen LogP) is 0.743. The topological polar surface area (TPSA) is 54.4 Å². The van der Waals surface area contributed by atoms with E-state index in [1.807, 2.05) is 0 Å². The maximum Gasteiger partial charge on any atom is 0.158 e. The summed E-state index contributed by atoms with van der Waals surface area (Å²) in [7, 11) is 0. The third-order valence-corrected chi connectivity index (χ3v) is 1.53. The average Bonchev–Trinajstić information content (AvgIpc) is 1.82. The number of Topliss-reactive ketones (excluding diaryl/α,β-unsaturated/α-hetero) is 1.